The third-order valence-corrected chi connectivity index (χ3v) is 3.75. The van der Waals surface area contributed by atoms with Gasteiger partial charge in [-0.3, -0.25) is 0 Å². The van der Waals surface area contributed by atoms with Gasteiger partial charge < -0.3 is 0 Å². The largest absolute Gasteiger partial charge is 0.0651 e. The van der Waals surface area contributed by atoms with Crippen LogP contribution in [0.3, 0.4) is 0 Å². The molecule has 0 N–H and O–H groups in total. The first-order valence-corrected chi connectivity index (χ1v) is 7.61. The Labute approximate surface area is 127 Å². The molecule has 0 aliphatic carbocycles. The number of aryl methyl sites for hydroxylation is 1. The van der Waals surface area contributed by atoms with Gasteiger partial charge in [-0.25, -0.2) is 0 Å². The Morgan fingerprint density at radius 1 is 0.571 bits per heavy atom. The molecular weight excluding hydrogens is 252 g/mol. The predicted molar refractivity (Wildman–Crippen MR) is 91.3 cm³/mol. The summed E-state index contributed by atoms with van der Waals surface area (Å²) in [5.74, 6) is 0. The van der Waals surface area contributed by atoms with E-state index in [0.717, 1.165) is 6.42 Å². The summed E-state index contributed by atoms with van der Waals surface area (Å²) in [7, 11) is 0. The topological polar surface area (TPSA) is 0 Å². The zero-order valence-corrected chi connectivity index (χ0v) is 12.4. The summed E-state index contributed by atoms with van der Waals surface area (Å²) in [6.45, 7) is 2.23. The molecule has 0 nitrogen and oxygen atoms in total. The van der Waals surface area contributed by atoms with Crippen LogP contribution in [0, 0.1) is 0 Å². The molecule has 3 rings (SSSR count). The van der Waals surface area contributed by atoms with Crippen molar-refractivity contribution in [2.75, 3.05) is 0 Å². The molecular formula is C21H20. The average Bonchev–Trinajstić information content (AvgIpc) is 2.56. The Hall–Kier alpha value is -2.34. The lowest BCUT2D eigenvalue weighted by Gasteiger charge is -2.10. The van der Waals surface area contributed by atoms with E-state index in [0.29, 0.717) is 0 Å². The maximum atomic E-state index is 2.32. The third kappa shape index (κ3) is 3.22. The van der Waals surface area contributed by atoms with E-state index >= 15 is 0 Å². The van der Waals surface area contributed by atoms with Crippen molar-refractivity contribution in [1.82, 2.24) is 0 Å². The van der Waals surface area contributed by atoms with Gasteiger partial charge >= 0.3 is 0 Å². The van der Waals surface area contributed by atoms with E-state index < -0.39 is 0 Å². The van der Waals surface area contributed by atoms with E-state index in [1.54, 1.807) is 0 Å². The van der Waals surface area contributed by atoms with E-state index in [2.05, 4.69) is 85.8 Å². The molecule has 3 aromatic rings. The standard InChI is InChI=1S/C21H20/c1-2-9-17-14-20(18-10-5-3-6-11-18)16-21(15-17)19-12-7-4-8-13-19/h3-8,10-16H,2,9H2,1H3. The number of benzene rings is 3. The zero-order chi connectivity index (χ0) is 14.5. The highest BCUT2D eigenvalue weighted by atomic mass is 14.1. The van der Waals surface area contributed by atoms with Crippen LogP contribution in [0.25, 0.3) is 22.3 Å². The van der Waals surface area contributed by atoms with Gasteiger partial charge in [0, 0.05) is 0 Å². The van der Waals surface area contributed by atoms with Crippen LogP contribution in [-0.4, -0.2) is 0 Å². The molecule has 0 atom stereocenters. The maximum absolute atomic E-state index is 2.32. The minimum absolute atomic E-state index is 1.13. The molecule has 21 heavy (non-hydrogen) atoms. The summed E-state index contributed by atoms with van der Waals surface area (Å²) in [5, 5.41) is 0. The minimum Gasteiger partial charge on any atom is -0.0651 e. The number of rotatable bonds is 4. The van der Waals surface area contributed by atoms with Gasteiger partial charge in [0.15, 0.2) is 0 Å². The lowest BCUT2D eigenvalue weighted by Crippen LogP contribution is -1.88. The van der Waals surface area contributed by atoms with Crippen molar-refractivity contribution in [1.29, 1.82) is 0 Å². The highest BCUT2D eigenvalue weighted by Crippen LogP contribution is 2.28. The van der Waals surface area contributed by atoms with E-state index in [4.69, 9.17) is 0 Å². The SMILES string of the molecule is CCCc1cc(-c2ccccc2)cc(-c2ccccc2)c1. The van der Waals surface area contributed by atoms with E-state index in [-0.39, 0.29) is 0 Å². The first-order valence-electron chi connectivity index (χ1n) is 7.61. The van der Waals surface area contributed by atoms with E-state index in [9.17, 15) is 0 Å². The second kappa shape index (κ2) is 6.41. The Morgan fingerprint density at radius 3 is 1.48 bits per heavy atom. The maximum Gasteiger partial charge on any atom is -0.0175 e. The lowest BCUT2D eigenvalue weighted by molar-refractivity contribution is 0.922. The Bertz CT molecular complexity index is 639. The van der Waals surface area contributed by atoms with Gasteiger partial charge in [-0.2, -0.15) is 0 Å². The highest BCUT2D eigenvalue weighted by molar-refractivity contribution is 5.74. The van der Waals surface area contributed by atoms with Gasteiger partial charge in [0.2, 0.25) is 0 Å². The fraction of sp³-hybridized carbons (Fsp3) is 0.143. The molecule has 0 saturated carbocycles. The van der Waals surface area contributed by atoms with Crippen LogP contribution in [0.1, 0.15) is 18.9 Å². The summed E-state index contributed by atoms with van der Waals surface area (Å²) >= 11 is 0. The third-order valence-electron chi connectivity index (χ3n) is 3.75. The first kappa shape index (κ1) is 13.6. The van der Waals surface area contributed by atoms with Gasteiger partial charge in [-0.1, -0.05) is 86.1 Å². The van der Waals surface area contributed by atoms with Crippen LogP contribution in [0.15, 0.2) is 78.9 Å². The predicted octanol–water partition coefficient (Wildman–Crippen LogP) is 5.97. The molecule has 0 aromatic heterocycles. The molecule has 0 aliphatic heterocycles. The van der Waals surface area contributed by atoms with Crippen molar-refractivity contribution in [3.63, 3.8) is 0 Å². The summed E-state index contributed by atoms with van der Waals surface area (Å²) < 4.78 is 0. The lowest BCUT2D eigenvalue weighted by atomic mass is 9.95. The van der Waals surface area contributed by atoms with E-state index in [1.807, 2.05) is 0 Å². The Morgan fingerprint density at radius 2 is 1.05 bits per heavy atom. The molecule has 0 spiro atoms. The number of hydrogen-bond acceptors (Lipinski definition) is 0. The molecule has 0 amide bonds. The van der Waals surface area contributed by atoms with E-state index in [1.165, 1.54) is 34.2 Å². The molecule has 0 radical (unpaired) electrons. The second-order valence-electron chi connectivity index (χ2n) is 5.40. The summed E-state index contributed by atoms with van der Waals surface area (Å²) in [5.41, 5.74) is 6.60. The van der Waals surface area contributed by atoms with Crippen LogP contribution >= 0.6 is 0 Å². The van der Waals surface area contributed by atoms with Gasteiger partial charge in [-0.05, 0) is 40.3 Å². The van der Waals surface area contributed by atoms with Crippen molar-refractivity contribution in [2.45, 2.75) is 19.8 Å². The van der Waals surface area contributed by atoms with Crippen LogP contribution in [0.2, 0.25) is 0 Å². The van der Waals surface area contributed by atoms with Crippen LogP contribution in [0.4, 0.5) is 0 Å². The summed E-state index contributed by atoms with van der Waals surface area (Å²) in [4.78, 5) is 0. The molecule has 0 fully saturated rings. The first-order chi connectivity index (χ1) is 10.4. The summed E-state index contributed by atoms with van der Waals surface area (Å²) in [6.07, 6.45) is 2.30. The highest BCUT2D eigenvalue weighted by Gasteiger charge is 2.04. The van der Waals surface area contributed by atoms with Crippen molar-refractivity contribution in [2.24, 2.45) is 0 Å². The second-order valence-corrected chi connectivity index (χ2v) is 5.40. The monoisotopic (exact) mass is 272 g/mol. The number of hydrogen-bond donors (Lipinski definition) is 0. The van der Waals surface area contributed by atoms with Crippen molar-refractivity contribution >= 4 is 0 Å². The molecule has 3 aromatic carbocycles. The molecule has 0 unspecified atom stereocenters. The summed E-state index contributed by atoms with van der Waals surface area (Å²) in [6, 6.07) is 28.2. The van der Waals surface area contributed by atoms with Crippen molar-refractivity contribution in [3.8, 4) is 22.3 Å². The molecule has 0 heteroatoms. The fourth-order valence-electron chi connectivity index (χ4n) is 2.72. The van der Waals surface area contributed by atoms with Crippen molar-refractivity contribution < 1.29 is 0 Å². The quantitative estimate of drug-likeness (QED) is 0.548. The molecule has 0 saturated heterocycles. The van der Waals surface area contributed by atoms with Gasteiger partial charge in [0.05, 0.1) is 0 Å². The molecule has 0 bridgehead atoms. The fourth-order valence-corrected chi connectivity index (χ4v) is 2.72. The minimum atomic E-state index is 1.13. The smallest absolute Gasteiger partial charge is 0.0175 e. The Balaban J connectivity index is 2.11. The average molecular weight is 272 g/mol. The van der Waals surface area contributed by atoms with Crippen LogP contribution in [0.5, 0.6) is 0 Å². The molecule has 0 heterocycles. The molecule has 104 valence electrons. The van der Waals surface area contributed by atoms with Crippen LogP contribution in [-0.2, 0) is 6.42 Å². The van der Waals surface area contributed by atoms with Crippen LogP contribution < -0.4 is 0 Å². The zero-order valence-electron chi connectivity index (χ0n) is 12.4. The Kier molecular flexibility index (Phi) is 4.16. The van der Waals surface area contributed by atoms with Gasteiger partial charge in [0.25, 0.3) is 0 Å². The normalized spacial score (nSPS) is 10.5. The van der Waals surface area contributed by atoms with Gasteiger partial charge in [0.1, 0.15) is 0 Å². The van der Waals surface area contributed by atoms with Crippen molar-refractivity contribution in [3.05, 3.63) is 84.4 Å². The molecule has 0 aliphatic rings. The van der Waals surface area contributed by atoms with Gasteiger partial charge in [-0.15, -0.1) is 0 Å².